The van der Waals surface area contributed by atoms with Crippen molar-refractivity contribution in [2.75, 3.05) is 12.4 Å². The molecule has 0 saturated carbocycles. The van der Waals surface area contributed by atoms with Gasteiger partial charge in [0, 0.05) is 18.6 Å². The van der Waals surface area contributed by atoms with Crippen molar-refractivity contribution in [3.8, 4) is 0 Å². The second-order valence-electron chi connectivity index (χ2n) is 4.29. The quantitative estimate of drug-likeness (QED) is 0.422. The van der Waals surface area contributed by atoms with Gasteiger partial charge in [-0.2, -0.15) is 0 Å². The minimum atomic E-state index is -0.155. The van der Waals surface area contributed by atoms with Gasteiger partial charge in [-0.1, -0.05) is 37.9 Å². The number of carbonyl (C=O) groups is 2. The molecular weight excluding hydrogens is 248 g/mol. The Morgan fingerprint density at radius 3 is 2.33 bits per heavy atom. The molecule has 0 aliphatic rings. The molecule has 0 aliphatic carbocycles. The normalized spacial score (nSPS) is 10.3. The van der Waals surface area contributed by atoms with Crippen LogP contribution in [0.15, 0.2) is 0 Å². The van der Waals surface area contributed by atoms with Gasteiger partial charge in [0.15, 0.2) is 5.12 Å². The highest BCUT2D eigenvalue weighted by atomic mass is 32.2. The maximum Gasteiger partial charge on any atom is 0.305 e. The lowest BCUT2D eigenvalue weighted by Gasteiger charge is -2.02. The molecule has 0 atom stereocenters. The molecule has 18 heavy (non-hydrogen) atoms. The molecule has 0 spiro atoms. The first-order valence-corrected chi connectivity index (χ1v) is 8.00. The number of unbranched alkanes of at least 4 members (excludes halogenated alkanes) is 4. The number of esters is 1. The van der Waals surface area contributed by atoms with Crippen LogP contribution in [0.1, 0.15) is 65.2 Å². The molecule has 0 aromatic carbocycles. The Morgan fingerprint density at radius 1 is 0.944 bits per heavy atom. The van der Waals surface area contributed by atoms with E-state index in [1.165, 1.54) is 31.0 Å². The summed E-state index contributed by atoms with van der Waals surface area (Å²) in [7, 11) is 0. The highest BCUT2D eigenvalue weighted by molar-refractivity contribution is 8.13. The zero-order valence-corrected chi connectivity index (χ0v) is 12.5. The number of ether oxygens (including phenoxy) is 1. The zero-order valence-electron chi connectivity index (χ0n) is 11.7. The monoisotopic (exact) mass is 274 g/mol. The minimum Gasteiger partial charge on any atom is -0.466 e. The SMILES string of the molecule is CCCCCCSC(=O)CCCCC(=O)OCC. The number of rotatable bonds is 11. The summed E-state index contributed by atoms with van der Waals surface area (Å²) in [5, 5.41) is 0.260. The van der Waals surface area contributed by atoms with E-state index >= 15 is 0 Å². The van der Waals surface area contributed by atoms with Crippen LogP contribution in [0.2, 0.25) is 0 Å². The smallest absolute Gasteiger partial charge is 0.305 e. The lowest BCUT2D eigenvalue weighted by molar-refractivity contribution is -0.143. The van der Waals surface area contributed by atoms with Gasteiger partial charge in [0.1, 0.15) is 0 Å². The number of thioether (sulfide) groups is 1. The van der Waals surface area contributed by atoms with Crippen LogP contribution in [0, 0.1) is 0 Å². The highest BCUT2D eigenvalue weighted by Crippen LogP contribution is 2.13. The van der Waals surface area contributed by atoms with Crippen molar-refractivity contribution >= 4 is 22.8 Å². The molecule has 0 amide bonds. The molecule has 0 fully saturated rings. The standard InChI is InChI=1S/C14H26O3S/c1-3-5-6-9-12-18-14(16)11-8-7-10-13(15)17-4-2/h3-12H2,1-2H3. The predicted molar refractivity (Wildman–Crippen MR) is 76.7 cm³/mol. The van der Waals surface area contributed by atoms with Crippen molar-refractivity contribution in [1.82, 2.24) is 0 Å². The molecule has 4 heteroatoms. The van der Waals surface area contributed by atoms with Gasteiger partial charge in [0.25, 0.3) is 0 Å². The summed E-state index contributed by atoms with van der Waals surface area (Å²) in [6.45, 7) is 4.42. The Balaban J connectivity index is 3.29. The Hall–Kier alpha value is -0.510. The van der Waals surface area contributed by atoms with E-state index in [-0.39, 0.29) is 11.1 Å². The lowest BCUT2D eigenvalue weighted by atomic mass is 10.2. The van der Waals surface area contributed by atoms with Gasteiger partial charge < -0.3 is 4.74 Å². The summed E-state index contributed by atoms with van der Waals surface area (Å²) >= 11 is 1.44. The van der Waals surface area contributed by atoms with E-state index in [9.17, 15) is 9.59 Å². The summed E-state index contributed by atoms with van der Waals surface area (Å²) in [5.41, 5.74) is 0. The van der Waals surface area contributed by atoms with Crippen LogP contribution >= 0.6 is 11.8 Å². The van der Waals surface area contributed by atoms with E-state index in [0.29, 0.717) is 19.4 Å². The average Bonchev–Trinajstić information content (AvgIpc) is 2.35. The molecule has 0 aromatic rings. The van der Waals surface area contributed by atoms with Gasteiger partial charge in [-0.15, -0.1) is 0 Å². The Kier molecular flexibility index (Phi) is 12.6. The van der Waals surface area contributed by atoms with Gasteiger partial charge in [0.05, 0.1) is 6.61 Å². The van der Waals surface area contributed by atoms with E-state index in [1.54, 1.807) is 6.92 Å². The van der Waals surface area contributed by atoms with Crippen LogP contribution in [0.4, 0.5) is 0 Å². The van der Waals surface area contributed by atoms with Crippen molar-refractivity contribution in [3.05, 3.63) is 0 Å². The summed E-state index contributed by atoms with van der Waals surface area (Å²) in [5.74, 6) is 0.786. The second-order valence-corrected chi connectivity index (χ2v) is 5.45. The van der Waals surface area contributed by atoms with Gasteiger partial charge in [-0.25, -0.2) is 0 Å². The molecule has 0 bridgehead atoms. The van der Waals surface area contributed by atoms with Crippen molar-refractivity contribution in [2.45, 2.75) is 65.2 Å². The van der Waals surface area contributed by atoms with E-state index in [2.05, 4.69) is 6.92 Å². The number of hydrogen-bond acceptors (Lipinski definition) is 4. The topological polar surface area (TPSA) is 43.4 Å². The fourth-order valence-corrected chi connectivity index (χ4v) is 2.42. The van der Waals surface area contributed by atoms with E-state index in [1.807, 2.05) is 0 Å². The molecule has 0 radical (unpaired) electrons. The van der Waals surface area contributed by atoms with Crippen LogP contribution in [-0.4, -0.2) is 23.4 Å². The Morgan fingerprint density at radius 2 is 1.67 bits per heavy atom. The molecule has 0 N–H and O–H groups in total. The summed E-state index contributed by atoms with van der Waals surface area (Å²) in [6.07, 6.45) is 7.40. The lowest BCUT2D eigenvalue weighted by Crippen LogP contribution is -2.03. The fraction of sp³-hybridized carbons (Fsp3) is 0.857. The van der Waals surface area contributed by atoms with E-state index < -0.39 is 0 Å². The summed E-state index contributed by atoms with van der Waals surface area (Å²) in [6, 6.07) is 0. The Labute approximate surface area is 115 Å². The van der Waals surface area contributed by atoms with Gasteiger partial charge in [-0.3, -0.25) is 9.59 Å². The Bertz CT molecular complexity index is 229. The van der Waals surface area contributed by atoms with Crippen LogP contribution in [0.3, 0.4) is 0 Å². The average molecular weight is 274 g/mol. The zero-order chi connectivity index (χ0) is 13.6. The van der Waals surface area contributed by atoms with Crippen molar-refractivity contribution in [2.24, 2.45) is 0 Å². The first kappa shape index (κ1) is 17.5. The van der Waals surface area contributed by atoms with E-state index in [4.69, 9.17) is 4.74 Å². The van der Waals surface area contributed by atoms with Crippen LogP contribution in [-0.2, 0) is 14.3 Å². The molecule has 0 unspecified atom stereocenters. The number of carbonyl (C=O) groups excluding carboxylic acids is 2. The van der Waals surface area contributed by atoms with Crippen LogP contribution in [0.5, 0.6) is 0 Å². The van der Waals surface area contributed by atoms with Crippen LogP contribution < -0.4 is 0 Å². The van der Waals surface area contributed by atoms with Crippen molar-refractivity contribution < 1.29 is 14.3 Å². The third-order valence-electron chi connectivity index (χ3n) is 2.58. The highest BCUT2D eigenvalue weighted by Gasteiger charge is 2.05. The van der Waals surface area contributed by atoms with Gasteiger partial charge >= 0.3 is 5.97 Å². The van der Waals surface area contributed by atoms with Crippen molar-refractivity contribution in [1.29, 1.82) is 0 Å². The summed E-state index contributed by atoms with van der Waals surface area (Å²) < 4.78 is 4.82. The minimum absolute atomic E-state index is 0.155. The maximum absolute atomic E-state index is 11.5. The fourth-order valence-electron chi connectivity index (χ4n) is 1.56. The van der Waals surface area contributed by atoms with Gasteiger partial charge in [0.2, 0.25) is 0 Å². The number of hydrogen-bond donors (Lipinski definition) is 0. The molecule has 106 valence electrons. The largest absolute Gasteiger partial charge is 0.466 e. The van der Waals surface area contributed by atoms with Crippen LogP contribution in [0.25, 0.3) is 0 Å². The molecular formula is C14H26O3S. The van der Waals surface area contributed by atoms with E-state index in [0.717, 1.165) is 25.0 Å². The van der Waals surface area contributed by atoms with Gasteiger partial charge in [-0.05, 0) is 26.2 Å². The third-order valence-corrected chi connectivity index (χ3v) is 3.60. The first-order valence-electron chi connectivity index (χ1n) is 7.02. The summed E-state index contributed by atoms with van der Waals surface area (Å²) in [4.78, 5) is 22.5. The predicted octanol–water partition coefficient (Wildman–Crippen LogP) is 3.95. The molecule has 0 heterocycles. The maximum atomic E-state index is 11.5. The molecule has 0 saturated heterocycles. The molecule has 0 aromatic heterocycles. The molecule has 0 rings (SSSR count). The van der Waals surface area contributed by atoms with Crippen molar-refractivity contribution in [3.63, 3.8) is 0 Å². The third kappa shape index (κ3) is 12.0. The first-order chi connectivity index (χ1) is 8.70. The molecule has 3 nitrogen and oxygen atoms in total. The molecule has 0 aliphatic heterocycles. The second kappa shape index (κ2) is 12.9.